The number of piperidine rings is 1. The van der Waals surface area contributed by atoms with Crippen molar-refractivity contribution in [3.63, 3.8) is 0 Å². The van der Waals surface area contributed by atoms with Crippen molar-refractivity contribution in [1.29, 1.82) is 0 Å². The largest absolute Gasteiger partial charge is 0.389 e. The molecule has 1 atom stereocenters. The van der Waals surface area contributed by atoms with Gasteiger partial charge < -0.3 is 5.11 Å². The highest BCUT2D eigenvalue weighted by Gasteiger charge is 2.28. The summed E-state index contributed by atoms with van der Waals surface area (Å²) in [6, 6.07) is 0. The fourth-order valence-electron chi connectivity index (χ4n) is 2.38. The first kappa shape index (κ1) is 11.6. The summed E-state index contributed by atoms with van der Waals surface area (Å²) in [7, 11) is 0. The predicted molar refractivity (Wildman–Crippen MR) is 63.0 cm³/mol. The highest BCUT2D eigenvalue weighted by molar-refractivity contribution is 5.04. The molecule has 2 rings (SSSR count). The Morgan fingerprint density at radius 2 is 2.38 bits per heavy atom. The van der Waals surface area contributed by atoms with E-state index in [-0.39, 0.29) is 0 Å². The van der Waals surface area contributed by atoms with Gasteiger partial charge in [-0.3, -0.25) is 9.58 Å². The molecule has 1 fully saturated rings. The summed E-state index contributed by atoms with van der Waals surface area (Å²) in [5.74, 6) is 0. The average molecular weight is 223 g/mol. The highest BCUT2D eigenvalue weighted by Crippen LogP contribution is 2.21. The number of hydrogen-bond donors (Lipinski definition) is 1. The van der Waals surface area contributed by atoms with Crippen molar-refractivity contribution < 1.29 is 5.11 Å². The van der Waals surface area contributed by atoms with Crippen molar-refractivity contribution in [2.45, 2.75) is 45.4 Å². The standard InChI is InChI=1S/C12H21N3O/c1-3-15-9-11(7-13-15)8-14-6-4-5-12(2,16)10-14/h7,9,16H,3-6,8,10H2,1-2H3. The molecule has 0 bridgehead atoms. The SMILES string of the molecule is CCn1cc(CN2CCCC(C)(O)C2)cn1. The third-order valence-corrected chi connectivity index (χ3v) is 3.17. The molecule has 1 aromatic rings. The molecule has 1 aromatic heterocycles. The molecule has 1 aliphatic rings. The molecule has 0 aliphatic carbocycles. The van der Waals surface area contributed by atoms with E-state index in [2.05, 4.69) is 23.1 Å². The number of aryl methyl sites for hydroxylation is 1. The first-order valence-corrected chi connectivity index (χ1v) is 6.05. The average Bonchev–Trinajstić information content (AvgIpc) is 2.64. The second kappa shape index (κ2) is 4.55. The van der Waals surface area contributed by atoms with E-state index >= 15 is 0 Å². The van der Waals surface area contributed by atoms with Gasteiger partial charge in [0.25, 0.3) is 0 Å². The van der Waals surface area contributed by atoms with E-state index in [1.165, 1.54) is 5.56 Å². The molecule has 90 valence electrons. The molecule has 2 heterocycles. The van der Waals surface area contributed by atoms with Crippen molar-refractivity contribution in [3.05, 3.63) is 18.0 Å². The van der Waals surface area contributed by atoms with Gasteiger partial charge in [-0.2, -0.15) is 5.10 Å². The summed E-state index contributed by atoms with van der Waals surface area (Å²) < 4.78 is 1.94. The van der Waals surface area contributed by atoms with Crippen LogP contribution >= 0.6 is 0 Å². The van der Waals surface area contributed by atoms with Crippen molar-refractivity contribution in [3.8, 4) is 0 Å². The predicted octanol–water partition coefficient (Wildman–Crippen LogP) is 1.25. The lowest BCUT2D eigenvalue weighted by Gasteiger charge is -2.36. The van der Waals surface area contributed by atoms with Crippen LogP contribution < -0.4 is 0 Å². The molecule has 1 aliphatic heterocycles. The van der Waals surface area contributed by atoms with Gasteiger partial charge in [0.15, 0.2) is 0 Å². The zero-order valence-corrected chi connectivity index (χ0v) is 10.2. The van der Waals surface area contributed by atoms with Crippen LogP contribution in [0.5, 0.6) is 0 Å². The fraction of sp³-hybridized carbons (Fsp3) is 0.750. The maximum atomic E-state index is 10.0. The summed E-state index contributed by atoms with van der Waals surface area (Å²) in [4.78, 5) is 2.31. The van der Waals surface area contributed by atoms with Crippen LogP contribution in [0.2, 0.25) is 0 Å². The maximum Gasteiger partial charge on any atom is 0.0746 e. The van der Waals surface area contributed by atoms with Crippen molar-refractivity contribution >= 4 is 0 Å². The number of β-amino-alcohol motifs (C(OH)–C–C–N with tert-alkyl or cyclic N) is 1. The van der Waals surface area contributed by atoms with E-state index in [9.17, 15) is 5.11 Å². The number of hydrogen-bond acceptors (Lipinski definition) is 3. The van der Waals surface area contributed by atoms with Crippen molar-refractivity contribution in [2.75, 3.05) is 13.1 Å². The monoisotopic (exact) mass is 223 g/mol. The number of aliphatic hydroxyl groups is 1. The molecule has 1 saturated heterocycles. The molecule has 4 heteroatoms. The minimum absolute atomic E-state index is 0.515. The molecule has 4 nitrogen and oxygen atoms in total. The summed E-state index contributed by atoms with van der Waals surface area (Å²) in [5.41, 5.74) is 0.721. The van der Waals surface area contributed by atoms with Gasteiger partial charge in [-0.25, -0.2) is 0 Å². The first-order valence-electron chi connectivity index (χ1n) is 6.05. The van der Waals surface area contributed by atoms with Gasteiger partial charge in [-0.15, -0.1) is 0 Å². The van der Waals surface area contributed by atoms with E-state index in [0.29, 0.717) is 0 Å². The third-order valence-electron chi connectivity index (χ3n) is 3.17. The van der Waals surface area contributed by atoms with Gasteiger partial charge in [0.05, 0.1) is 11.8 Å². The Hall–Kier alpha value is -0.870. The normalized spacial score (nSPS) is 27.2. The Balaban J connectivity index is 1.94. The van der Waals surface area contributed by atoms with Gasteiger partial charge in [0.2, 0.25) is 0 Å². The lowest BCUT2D eigenvalue weighted by molar-refractivity contribution is -0.0181. The second-order valence-electron chi connectivity index (χ2n) is 5.02. The van der Waals surface area contributed by atoms with E-state index in [1.54, 1.807) is 0 Å². The van der Waals surface area contributed by atoms with Gasteiger partial charge in [0, 0.05) is 31.4 Å². The van der Waals surface area contributed by atoms with E-state index in [0.717, 1.165) is 39.0 Å². The zero-order valence-electron chi connectivity index (χ0n) is 10.2. The molecule has 16 heavy (non-hydrogen) atoms. The van der Waals surface area contributed by atoms with Gasteiger partial charge >= 0.3 is 0 Å². The summed E-state index contributed by atoms with van der Waals surface area (Å²) in [6.45, 7) is 7.67. The third kappa shape index (κ3) is 2.83. The number of nitrogens with zero attached hydrogens (tertiary/aromatic N) is 3. The van der Waals surface area contributed by atoms with E-state index < -0.39 is 5.60 Å². The minimum Gasteiger partial charge on any atom is -0.389 e. The smallest absolute Gasteiger partial charge is 0.0746 e. The number of rotatable bonds is 3. The molecule has 1 N–H and O–H groups in total. The molecule has 1 unspecified atom stereocenters. The van der Waals surface area contributed by atoms with Gasteiger partial charge in [-0.1, -0.05) is 0 Å². The lowest BCUT2D eigenvalue weighted by Crippen LogP contribution is -2.45. The fourth-order valence-corrected chi connectivity index (χ4v) is 2.38. The maximum absolute atomic E-state index is 10.0. The molecular formula is C12H21N3O. The zero-order chi connectivity index (χ0) is 11.6. The lowest BCUT2D eigenvalue weighted by atomic mass is 9.95. The second-order valence-corrected chi connectivity index (χ2v) is 5.02. The van der Waals surface area contributed by atoms with Crippen molar-refractivity contribution in [1.82, 2.24) is 14.7 Å². The topological polar surface area (TPSA) is 41.3 Å². The van der Waals surface area contributed by atoms with E-state index in [4.69, 9.17) is 0 Å². The van der Waals surface area contributed by atoms with Crippen LogP contribution in [0, 0.1) is 0 Å². The number of aromatic nitrogens is 2. The Bertz CT molecular complexity index is 346. The molecule has 0 aromatic carbocycles. The summed E-state index contributed by atoms with van der Waals surface area (Å²) >= 11 is 0. The van der Waals surface area contributed by atoms with Crippen molar-refractivity contribution in [2.24, 2.45) is 0 Å². The van der Waals surface area contributed by atoms with E-state index in [1.807, 2.05) is 17.8 Å². The number of likely N-dealkylation sites (tertiary alicyclic amines) is 1. The Kier molecular flexibility index (Phi) is 3.30. The Morgan fingerprint density at radius 3 is 3.00 bits per heavy atom. The molecule has 0 saturated carbocycles. The van der Waals surface area contributed by atoms with Crippen LogP contribution in [0.3, 0.4) is 0 Å². The minimum atomic E-state index is -0.515. The quantitative estimate of drug-likeness (QED) is 0.838. The van der Waals surface area contributed by atoms with Crippen LogP contribution in [0.25, 0.3) is 0 Å². The van der Waals surface area contributed by atoms with Crippen LogP contribution in [-0.4, -0.2) is 38.5 Å². The van der Waals surface area contributed by atoms with Crippen LogP contribution in [-0.2, 0) is 13.1 Å². The molecule has 0 radical (unpaired) electrons. The van der Waals surface area contributed by atoms with Crippen LogP contribution in [0.15, 0.2) is 12.4 Å². The Morgan fingerprint density at radius 1 is 1.56 bits per heavy atom. The van der Waals surface area contributed by atoms with Gasteiger partial charge in [0.1, 0.15) is 0 Å². The van der Waals surface area contributed by atoms with Crippen LogP contribution in [0.1, 0.15) is 32.3 Å². The molecular weight excluding hydrogens is 202 g/mol. The summed E-state index contributed by atoms with van der Waals surface area (Å²) in [6.07, 6.45) is 6.00. The molecule has 0 spiro atoms. The molecule has 0 amide bonds. The summed E-state index contributed by atoms with van der Waals surface area (Å²) in [5, 5.41) is 14.3. The first-order chi connectivity index (χ1) is 7.59. The van der Waals surface area contributed by atoms with Crippen LogP contribution in [0.4, 0.5) is 0 Å². The van der Waals surface area contributed by atoms with Gasteiger partial charge in [-0.05, 0) is 33.2 Å². The highest BCUT2D eigenvalue weighted by atomic mass is 16.3. The Labute approximate surface area is 96.9 Å².